The highest BCUT2D eigenvalue weighted by atomic mass is 16.6. The minimum absolute atomic E-state index is 0.0283. The Morgan fingerprint density at radius 2 is 1.74 bits per heavy atom. The molecule has 0 unspecified atom stereocenters. The van der Waals surface area contributed by atoms with Crippen molar-refractivity contribution in [3.63, 3.8) is 0 Å². The van der Waals surface area contributed by atoms with Gasteiger partial charge in [0.1, 0.15) is 0 Å². The molecule has 2 aromatic rings. The summed E-state index contributed by atoms with van der Waals surface area (Å²) in [7, 11) is 0. The lowest BCUT2D eigenvalue weighted by molar-refractivity contribution is -0.385. The van der Waals surface area contributed by atoms with E-state index in [1.165, 1.54) is 18.2 Å². The van der Waals surface area contributed by atoms with E-state index >= 15 is 0 Å². The smallest absolute Gasteiger partial charge is 0.339 e. The molecular weight excluding hydrogens is 348 g/mol. The first-order valence-electron chi connectivity index (χ1n) is 8.68. The van der Waals surface area contributed by atoms with Gasteiger partial charge in [0.2, 0.25) is 6.10 Å². The number of benzene rings is 2. The van der Waals surface area contributed by atoms with Crippen LogP contribution >= 0.6 is 0 Å². The zero-order valence-electron chi connectivity index (χ0n) is 15.5. The van der Waals surface area contributed by atoms with Crippen molar-refractivity contribution in [1.82, 2.24) is 4.90 Å². The number of aryl methyl sites for hydroxylation is 1. The SMILES string of the molecule is CCN(CC)C(=O)[C@@H](OC(=O)c1ccc(C)c([N+](=O)[O-])c1)c1ccccc1. The summed E-state index contributed by atoms with van der Waals surface area (Å²) in [6.45, 7) is 6.23. The Kier molecular flexibility index (Phi) is 6.65. The Bertz CT molecular complexity index is 832. The molecule has 0 radical (unpaired) electrons. The Labute approximate surface area is 157 Å². The number of esters is 1. The maximum absolute atomic E-state index is 12.8. The van der Waals surface area contributed by atoms with E-state index in [1.54, 1.807) is 42.2 Å². The minimum Gasteiger partial charge on any atom is -0.444 e. The highest BCUT2D eigenvalue weighted by Crippen LogP contribution is 2.24. The molecule has 0 saturated carbocycles. The van der Waals surface area contributed by atoms with E-state index in [9.17, 15) is 19.7 Å². The number of rotatable bonds is 7. The first kappa shape index (κ1) is 20.1. The zero-order chi connectivity index (χ0) is 20.0. The molecular formula is C20H22N2O5. The number of nitrogens with zero attached hydrogens (tertiary/aromatic N) is 2. The van der Waals surface area contributed by atoms with E-state index in [0.29, 0.717) is 24.2 Å². The van der Waals surface area contributed by atoms with E-state index in [2.05, 4.69) is 0 Å². The van der Waals surface area contributed by atoms with E-state index in [-0.39, 0.29) is 17.2 Å². The van der Waals surface area contributed by atoms with Crippen molar-refractivity contribution >= 4 is 17.6 Å². The molecule has 2 rings (SSSR count). The Morgan fingerprint density at radius 3 is 2.30 bits per heavy atom. The number of nitro groups is 1. The Hall–Kier alpha value is -3.22. The van der Waals surface area contributed by atoms with E-state index in [1.807, 2.05) is 13.8 Å². The number of ether oxygens (including phenoxy) is 1. The van der Waals surface area contributed by atoms with E-state index < -0.39 is 17.0 Å². The van der Waals surface area contributed by atoms with Gasteiger partial charge in [-0.2, -0.15) is 0 Å². The number of carbonyl (C=O) groups is 2. The summed E-state index contributed by atoms with van der Waals surface area (Å²) in [6, 6.07) is 12.8. The van der Waals surface area contributed by atoms with Gasteiger partial charge in [-0.1, -0.05) is 36.4 Å². The van der Waals surface area contributed by atoms with Crippen LogP contribution in [0, 0.1) is 17.0 Å². The van der Waals surface area contributed by atoms with Gasteiger partial charge in [-0.05, 0) is 26.8 Å². The molecule has 1 amide bonds. The molecule has 0 aromatic heterocycles. The van der Waals surface area contributed by atoms with Crippen LogP contribution in [-0.4, -0.2) is 34.8 Å². The van der Waals surface area contributed by atoms with Crippen molar-refractivity contribution in [2.24, 2.45) is 0 Å². The molecule has 0 fully saturated rings. The summed E-state index contributed by atoms with van der Waals surface area (Å²) in [6.07, 6.45) is -1.11. The van der Waals surface area contributed by atoms with Crippen molar-refractivity contribution in [2.45, 2.75) is 26.9 Å². The molecule has 0 aliphatic rings. The summed E-state index contributed by atoms with van der Waals surface area (Å²) in [5.41, 5.74) is 0.844. The van der Waals surface area contributed by atoms with Gasteiger partial charge in [-0.15, -0.1) is 0 Å². The largest absolute Gasteiger partial charge is 0.444 e. The fourth-order valence-corrected chi connectivity index (χ4v) is 2.70. The van der Waals surface area contributed by atoms with Gasteiger partial charge >= 0.3 is 5.97 Å². The summed E-state index contributed by atoms with van der Waals surface area (Å²) in [5, 5.41) is 11.1. The number of hydrogen-bond acceptors (Lipinski definition) is 5. The molecule has 0 bridgehead atoms. The molecule has 0 aliphatic heterocycles. The third-order valence-electron chi connectivity index (χ3n) is 4.27. The van der Waals surface area contributed by atoms with Gasteiger partial charge in [-0.25, -0.2) is 4.79 Å². The third-order valence-corrected chi connectivity index (χ3v) is 4.27. The fraction of sp³-hybridized carbons (Fsp3) is 0.300. The molecule has 27 heavy (non-hydrogen) atoms. The summed E-state index contributed by atoms with van der Waals surface area (Å²) in [4.78, 5) is 37.6. The number of amides is 1. The standard InChI is InChI=1S/C20H22N2O5/c1-4-21(5-2)19(23)18(15-9-7-6-8-10-15)27-20(24)16-12-11-14(3)17(13-16)22(25)26/h6-13,18H,4-5H2,1-3H3/t18-/m0/s1. The fourth-order valence-electron chi connectivity index (χ4n) is 2.70. The Morgan fingerprint density at radius 1 is 1.11 bits per heavy atom. The van der Waals surface area contributed by atoms with Crippen molar-refractivity contribution in [2.75, 3.05) is 13.1 Å². The molecule has 0 aliphatic carbocycles. The highest BCUT2D eigenvalue weighted by molar-refractivity contribution is 5.93. The van der Waals surface area contributed by atoms with Crippen LogP contribution in [0.15, 0.2) is 48.5 Å². The van der Waals surface area contributed by atoms with Crippen LogP contribution in [0.4, 0.5) is 5.69 Å². The van der Waals surface area contributed by atoms with Crippen molar-refractivity contribution in [1.29, 1.82) is 0 Å². The quantitative estimate of drug-likeness (QED) is 0.421. The van der Waals surface area contributed by atoms with Gasteiger partial charge < -0.3 is 9.64 Å². The molecule has 0 saturated heterocycles. The van der Waals surface area contributed by atoms with Crippen LogP contribution in [0.1, 0.15) is 41.4 Å². The number of likely N-dealkylation sites (N-methyl/N-ethyl adjacent to an activating group) is 1. The lowest BCUT2D eigenvalue weighted by Crippen LogP contribution is -2.36. The number of hydrogen-bond donors (Lipinski definition) is 0. The second-order valence-electron chi connectivity index (χ2n) is 5.96. The maximum atomic E-state index is 12.8. The Balaban J connectivity index is 2.35. The monoisotopic (exact) mass is 370 g/mol. The van der Waals surface area contributed by atoms with Crippen LogP contribution in [0.2, 0.25) is 0 Å². The molecule has 7 nitrogen and oxygen atoms in total. The third kappa shape index (κ3) is 4.69. The van der Waals surface area contributed by atoms with Gasteiger partial charge in [0.05, 0.1) is 10.5 Å². The van der Waals surface area contributed by atoms with Crippen LogP contribution in [0.5, 0.6) is 0 Å². The minimum atomic E-state index is -1.11. The lowest BCUT2D eigenvalue weighted by atomic mass is 10.1. The second kappa shape index (κ2) is 8.93. The lowest BCUT2D eigenvalue weighted by Gasteiger charge is -2.25. The van der Waals surface area contributed by atoms with Gasteiger partial charge in [0.25, 0.3) is 11.6 Å². The van der Waals surface area contributed by atoms with Crippen LogP contribution in [0.3, 0.4) is 0 Å². The number of nitro benzene ring substituents is 1. The molecule has 2 aromatic carbocycles. The van der Waals surface area contributed by atoms with E-state index in [0.717, 1.165) is 0 Å². The van der Waals surface area contributed by atoms with Gasteiger partial charge in [0.15, 0.2) is 0 Å². The summed E-state index contributed by atoms with van der Waals surface area (Å²) >= 11 is 0. The topological polar surface area (TPSA) is 89.8 Å². The highest BCUT2D eigenvalue weighted by Gasteiger charge is 2.29. The normalized spacial score (nSPS) is 11.5. The zero-order valence-corrected chi connectivity index (χ0v) is 15.5. The summed E-state index contributed by atoms with van der Waals surface area (Å²) in [5.74, 6) is -1.12. The predicted octanol–water partition coefficient (Wildman–Crippen LogP) is 3.67. The molecule has 7 heteroatoms. The molecule has 142 valence electrons. The maximum Gasteiger partial charge on any atom is 0.339 e. The van der Waals surface area contributed by atoms with Gasteiger partial charge in [0, 0.05) is 30.3 Å². The molecule has 0 spiro atoms. The van der Waals surface area contributed by atoms with Crippen LogP contribution in [-0.2, 0) is 9.53 Å². The molecule has 0 heterocycles. The van der Waals surface area contributed by atoms with E-state index in [4.69, 9.17) is 4.74 Å². The average molecular weight is 370 g/mol. The average Bonchev–Trinajstić information content (AvgIpc) is 2.67. The first-order valence-corrected chi connectivity index (χ1v) is 8.68. The van der Waals surface area contributed by atoms with Crippen LogP contribution in [0.25, 0.3) is 0 Å². The van der Waals surface area contributed by atoms with Crippen molar-refractivity contribution < 1.29 is 19.2 Å². The predicted molar refractivity (Wildman–Crippen MR) is 100 cm³/mol. The first-order chi connectivity index (χ1) is 12.9. The van der Waals surface area contributed by atoms with Crippen LogP contribution < -0.4 is 0 Å². The van der Waals surface area contributed by atoms with Crippen molar-refractivity contribution in [3.8, 4) is 0 Å². The molecule has 1 atom stereocenters. The molecule has 0 N–H and O–H groups in total. The second-order valence-corrected chi connectivity index (χ2v) is 5.96. The number of carbonyl (C=O) groups excluding carboxylic acids is 2. The summed E-state index contributed by atoms with van der Waals surface area (Å²) < 4.78 is 5.49. The van der Waals surface area contributed by atoms with Crippen molar-refractivity contribution in [3.05, 3.63) is 75.3 Å². The van der Waals surface area contributed by atoms with Gasteiger partial charge in [-0.3, -0.25) is 14.9 Å².